The number of aromatic hydroxyl groups is 1. The molecule has 0 aliphatic heterocycles. The van der Waals surface area contributed by atoms with Gasteiger partial charge in [-0.3, -0.25) is 10.2 Å². The highest BCUT2D eigenvalue weighted by Gasteiger charge is 2.15. The Morgan fingerprint density at radius 1 is 1.07 bits per heavy atom. The molecule has 3 aromatic carbocycles. The molecule has 0 heterocycles. The predicted molar refractivity (Wildman–Crippen MR) is 111 cm³/mol. The molecule has 0 unspecified atom stereocenters. The van der Waals surface area contributed by atoms with Gasteiger partial charge in [0.2, 0.25) is 0 Å². The summed E-state index contributed by atoms with van der Waals surface area (Å²) in [6.07, 6.45) is 0. The third kappa shape index (κ3) is 4.16. The average molecular weight is 376 g/mol. The molecular formula is C21H20N4O3. The summed E-state index contributed by atoms with van der Waals surface area (Å²) in [5, 5.41) is 35.5. The lowest BCUT2D eigenvalue weighted by Crippen LogP contribution is -2.29. The summed E-state index contributed by atoms with van der Waals surface area (Å²) in [6.45, 7) is 1.37. The van der Waals surface area contributed by atoms with E-state index in [2.05, 4.69) is 15.8 Å². The van der Waals surface area contributed by atoms with Crippen LogP contribution in [0.4, 0.5) is 11.4 Å². The molecule has 0 bridgehead atoms. The van der Waals surface area contributed by atoms with Crippen molar-refractivity contribution < 1.29 is 15.0 Å². The van der Waals surface area contributed by atoms with Gasteiger partial charge in [0.25, 0.3) is 5.91 Å². The van der Waals surface area contributed by atoms with Crippen LogP contribution < -0.4 is 10.7 Å². The van der Waals surface area contributed by atoms with E-state index in [-0.39, 0.29) is 23.8 Å². The number of hydrogen-bond acceptors (Lipinski definition) is 6. The smallest absolute Gasteiger partial charge is 0.277 e. The van der Waals surface area contributed by atoms with Crippen molar-refractivity contribution in [1.82, 2.24) is 0 Å². The minimum atomic E-state index is -0.558. The molecule has 0 spiro atoms. The van der Waals surface area contributed by atoms with E-state index in [0.717, 1.165) is 10.9 Å². The minimum Gasteiger partial charge on any atom is -0.505 e. The zero-order chi connectivity index (χ0) is 20.1. The van der Waals surface area contributed by atoms with Crippen LogP contribution in [0.2, 0.25) is 0 Å². The standard InChI is InChI=1S/C21H20N4O3/c1-13(22)19(21(28)23-16-9-6-14(12-26)7-10-16)25-24-18-11-8-15-4-2-3-5-17(15)20(18)27/h2-11,22,24,26-27H,12H2,1H3,(H,23,28)/b22-13?,25-19-. The number of benzene rings is 3. The maximum Gasteiger partial charge on any atom is 0.277 e. The SMILES string of the molecule is CC(=N)/C(=N/Nc1ccc2ccccc2c1O)C(=O)Nc1ccc(CO)cc1. The molecule has 3 rings (SSSR count). The Morgan fingerprint density at radius 2 is 1.79 bits per heavy atom. The number of carbonyl (C=O) groups is 1. The lowest BCUT2D eigenvalue weighted by molar-refractivity contribution is -0.110. The van der Waals surface area contributed by atoms with Gasteiger partial charge < -0.3 is 20.9 Å². The van der Waals surface area contributed by atoms with E-state index < -0.39 is 5.91 Å². The molecule has 1 amide bonds. The topological polar surface area (TPSA) is 118 Å². The fourth-order valence-electron chi connectivity index (χ4n) is 2.65. The molecular weight excluding hydrogens is 356 g/mol. The number of carbonyl (C=O) groups excluding carboxylic acids is 1. The first-order valence-corrected chi connectivity index (χ1v) is 8.60. The number of rotatable bonds is 6. The molecule has 0 aromatic heterocycles. The van der Waals surface area contributed by atoms with Crippen LogP contribution in [-0.4, -0.2) is 27.5 Å². The van der Waals surface area contributed by atoms with Crippen molar-refractivity contribution in [2.24, 2.45) is 5.10 Å². The molecule has 0 aliphatic carbocycles. The van der Waals surface area contributed by atoms with E-state index in [1.807, 2.05) is 24.3 Å². The second kappa shape index (κ2) is 8.32. The molecule has 28 heavy (non-hydrogen) atoms. The fourth-order valence-corrected chi connectivity index (χ4v) is 2.65. The number of hydrogen-bond donors (Lipinski definition) is 5. The van der Waals surface area contributed by atoms with Gasteiger partial charge in [-0.25, -0.2) is 0 Å². The molecule has 3 aromatic rings. The van der Waals surface area contributed by atoms with Gasteiger partial charge in [-0.2, -0.15) is 5.10 Å². The van der Waals surface area contributed by atoms with Crippen LogP contribution in [-0.2, 0) is 11.4 Å². The molecule has 7 nitrogen and oxygen atoms in total. The van der Waals surface area contributed by atoms with Gasteiger partial charge in [-0.15, -0.1) is 0 Å². The van der Waals surface area contributed by atoms with Crippen molar-refractivity contribution in [2.75, 3.05) is 10.7 Å². The van der Waals surface area contributed by atoms with E-state index in [4.69, 9.17) is 10.5 Å². The normalized spacial score (nSPS) is 11.3. The summed E-state index contributed by atoms with van der Waals surface area (Å²) < 4.78 is 0. The third-order valence-corrected chi connectivity index (χ3v) is 4.15. The summed E-state index contributed by atoms with van der Waals surface area (Å²) in [5.74, 6) is -0.541. The number of phenols is 1. The zero-order valence-corrected chi connectivity index (χ0v) is 15.2. The Kier molecular flexibility index (Phi) is 5.67. The minimum absolute atomic E-state index is 0.0174. The van der Waals surface area contributed by atoms with Gasteiger partial charge in [-0.1, -0.05) is 42.5 Å². The van der Waals surface area contributed by atoms with Crippen LogP contribution in [0.3, 0.4) is 0 Å². The highest BCUT2D eigenvalue weighted by atomic mass is 16.3. The van der Waals surface area contributed by atoms with Crippen molar-refractivity contribution in [1.29, 1.82) is 5.41 Å². The number of anilines is 2. The molecule has 0 aliphatic rings. The third-order valence-electron chi connectivity index (χ3n) is 4.15. The first-order chi connectivity index (χ1) is 13.5. The zero-order valence-electron chi connectivity index (χ0n) is 15.2. The number of phenolic OH excluding ortho intramolecular Hbond substituents is 1. The van der Waals surface area contributed by atoms with Gasteiger partial charge in [-0.05, 0) is 36.1 Å². The Labute approximate surface area is 161 Å². The summed E-state index contributed by atoms with van der Waals surface area (Å²) >= 11 is 0. The Morgan fingerprint density at radius 3 is 2.46 bits per heavy atom. The van der Waals surface area contributed by atoms with Gasteiger partial charge >= 0.3 is 0 Å². The van der Waals surface area contributed by atoms with Gasteiger partial charge in [0.05, 0.1) is 18.0 Å². The quantitative estimate of drug-likeness (QED) is 0.257. The van der Waals surface area contributed by atoms with Crippen LogP contribution in [0.5, 0.6) is 5.75 Å². The number of nitrogens with zero attached hydrogens (tertiary/aromatic N) is 1. The molecule has 0 atom stereocenters. The van der Waals surface area contributed by atoms with Crippen molar-refractivity contribution in [3.05, 3.63) is 66.2 Å². The van der Waals surface area contributed by atoms with Crippen LogP contribution in [0, 0.1) is 5.41 Å². The Bertz CT molecular complexity index is 1060. The van der Waals surface area contributed by atoms with Crippen molar-refractivity contribution >= 4 is 39.5 Å². The number of nitrogens with one attached hydrogen (secondary N) is 3. The number of hydrazone groups is 1. The van der Waals surface area contributed by atoms with Crippen LogP contribution in [0.15, 0.2) is 65.8 Å². The molecule has 142 valence electrons. The predicted octanol–water partition coefficient (Wildman–Crippen LogP) is 3.48. The molecule has 0 radical (unpaired) electrons. The lowest BCUT2D eigenvalue weighted by Gasteiger charge is -2.10. The van der Waals surface area contributed by atoms with Gasteiger partial charge in [0.15, 0.2) is 5.71 Å². The summed E-state index contributed by atoms with van der Waals surface area (Å²) in [7, 11) is 0. The van der Waals surface area contributed by atoms with E-state index in [0.29, 0.717) is 16.8 Å². The van der Waals surface area contributed by atoms with Crippen LogP contribution in [0.1, 0.15) is 12.5 Å². The van der Waals surface area contributed by atoms with Crippen LogP contribution >= 0.6 is 0 Å². The summed E-state index contributed by atoms with van der Waals surface area (Å²) in [5.41, 5.74) is 4.11. The van der Waals surface area contributed by atoms with Crippen LogP contribution in [0.25, 0.3) is 10.8 Å². The average Bonchev–Trinajstić information content (AvgIpc) is 2.70. The maximum atomic E-state index is 12.5. The number of aliphatic hydroxyl groups excluding tert-OH is 1. The van der Waals surface area contributed by atoms with E-state index in [1.54, 1.807) is 36.4 Å². The molecule has 5 N–H and O–H groups in total. The van der Waals surface area contributed by atoms with Gasteiger partial charge in [0.1, 0.15) is 5.75 Å². The second-order valence-electron chi connectivity index (χ2n) is 6.19. The largest absolute Gasteiger partial charge is 0.505 e. The number of fused-ring (bicyclic) bond motifs is 1. The lowest BCUT2D eigenvalue weighted by atomic mass is 10.1. The molecule has 0 saturated heterocycles. The first-order valence-electron chi connectivity index (χ1n) is 8.60. The number of amides is 1. The monoisotopic (exact) mass is 376 g/mol. The van der Waals surface area contributed by atoms with Crippen molar-refractivity contribution in [3.8, 4) is 5.75 Å². The highest BCUT2D eigenvalue weighted by Crippen LogP contribution is 2.32. The Hall–Kier alpha value is -3.71. The Balaban J connectivity index is 1.81. The summed E-state index contributed by atoms with van der Waals surface area (Å²) in [4.78, 5) is 12.5. The van der Waals surface area contributed by atoms with Gasteiger partial charge in [0, 0.05) is 11.1 Å². The van der Waals surface area contributed by atoms with Crippen molar-refractivity contribution in [3.63, 3.8) is 0 Å². The molecule has 7 heteroatoms. The molecule has 0 fully saturated rings. The first kappa shape index (κ1) is 19.1. The highest BCUT2D eigenvalue weighted by molar-refractivity contribution is 6.67. The fraction of sp³-hybridized carbons (Fsp3) is 0.0952. The molecule has 0 saturated carbocycles. The maximum absolute atomic E-state index is 12.5. The van der Waals surface area contributed by atoms with Crippen molar-refractivity contribution in [2.45, 2.75) is 13.5 Å². The number of aliphatic hydroxyl groups is 1. The van der Waals surface area contributed by atoms with E-state index in [9.17, 15) is 9.90 Å². The van der Waals surface area contributed by atoms with E-state index in [1.165, 1.54) is 6.92 Å². The van der Waals surface area contributed by atoms with E-state index >= 15 is 0 Å². The second-order valence-corrected chi connectivity index (χ2v) is 6.19. The summed E-state index contributed by atoms with van der Waals surface area (Å²) in [6, 6.07) is 17.5.